The van der Waals surface area contributed by atoms with Crippen molar-refractivity contribution in [1.82, 2.24) is 0 Å². The van der Waals surface area contributed by atoms with E-state index in [0.717, 1.165) is 29.9 Å². The zero-order chi connectivity index (χ0) is 13.1. The van der Waals surface area contributed by atoms with Gasteiger partial charge in [0, 0.05) is 18.4 Å². The van der Waals surface area contributed by atoms with Crippen molar-refractivity contribution in [2.75, 3.05) is 14.2 Å². The van der Waals surface area contributed by atoms with Crippen molar-refractivity contribution in [2.24, 2.45) is 0 Å². The fraction of sp³-hybridized carbons (Fsp3) is 0.533. The molecule has 0 bridgehead atoms. The molecule has 1 fully saturated rings. The van der Waals surface area contributed by atoms with E-state index in [0.29, 0.717) is 24.5 Å². The summed E-state index contributed by atoms with van der Waals surface area (Å²) in [5.41, 5.74) is 2.25. The maximum absolute atomic E-state index is 11.3. The Kier molecular flexibility index (Phi) is 3.90. The quantitative estimate of drug-likeness (QED) is 0.823. The van der Waals surface area contributed by atoms with E-state index in [4.69, 9.17) is 9.47 Å². The van der Waals surface area contributed by atoms with Crippen LogP contribution in [0.4, 0.5) is 0 Å². The monoisotopic (exact) mass is 248 g/mol. The zero-order valence-corrected chi connectivity index (χ0v) is 11.3. The molecule has 0 saturated heterocycles. The molecule has 0 atom stereocenters. The molecule has 0 N–H and O–H groups in total. The van der Waals surface area contributed by atoms with Crippen LogP contribution in [0.3, 0.4) is 0 Å². The number of carbonyl (C=O) groups excluding carboxylic acids is 1. The standard InChI is InChI=1S/C15H20O3/c1-10-8-15(18-3)13(9-14(10)17-2)11-4-6-12(16)7-5-11/h8-9,11H,4-7H2,1-3H3. The third-order valence-electron chi connectivity index (χ3n) is 3.73. The van der Waals surface area contributed by atoms with Gasteiger partial charge >= 0.3 is 0 Å². The molecule has 3 heteroatoms. The first kappa shape index (κ1) is 12.9. The molecular weight excluding hydrogens is 228 g/mol. The van der Waals surface area contributed by atoms with Crippen molar-refractivity contribution in [2.45, 2.75) is 38.5 Å². The average molecular weight is 248 g/mol. The Balaban J connectivity index is 2.33. The van der Waals surface area contributed by atoms with Gasteiger partial charge in [-0.1, -0.05) is 0 Å². The molecule has 0 spiro atoms. The molecule has 1 saturated carbocycles. The van der Waals surface area contributed by atoms with Crippen LogP contribution in [0.1, 0.15) is 42.7 Å². The summed E-state index contributed by atoms with van der Waals surface area (Å²) in [4.78, 5) is 11.3. The van der Waals surface area contributed by atoms with Gasteiger partial charge in [0.2, 0.25) is 0 Å². The summed E-state index contributed by atoms with van der Waals surface area (Å²) >= 11 is 0. The van der Waals surface area contributed by atoms with E-state index in [9.17, 15) is 4.79 Å². The molecule has 0 aliphatic heterocycles. The minimum absolute atomic E-state index is 0.379. The Hall–Kier alpha value is -1.51. The number of hydrogen-bond donors (Lipinski definition) is 0. The fourth-order valence-corrected chi connectivity index (χ4v) is 2.64. The molecule has 18 heavy (non-hydrogen) atoms. The highest BCUT2D eigenvalue weighted by Crippen LogP contribution is 2.39. The van der Waals surface area contributed by atoms with Gasteiger partial charge in [-0.3, -0.25) is 4.79 Å². The maximum Gasteiger partial charge on any atom is 0.132 e. The van der Waals surface area contributed by atoms with Crippen molar-refractivity contribution in [3.8, 4) is 11.5 Å². The van der Waals surface area contributed by atoms with E-state index in [1.165, 1.54) is 5.56 Å². The molecule has 3 nitrogen and oxygen atoms in total. The lowest BCUT2D eigenvalue weighted by Gasteiger charge is -2.24. The maximum atomic E-state index is 11.3. The molecule has 0 heterocycles. The molecule has 1 aliphatic carbocycles. The molecule has 0 amide bonds. The van der Waals surface area contributed by atoms with Crippen LogP contribution in [-0.2, 0) is 4.79 Å². The van der Waals surface area contributed by atoms with E-state index in [1.807, 2.05) is 13.0 Å². The summed E-state index contributed by atoms with van der Waals surface area (Å²) in [6.45, 7) is 2.01. The average Bonchev–Trinajstić information content (AvgIpc) is 2.39. The summed E-state index contributed by atoms with van der Waals surface area (Å²) in [5.74, 6) is 2.59. The van der Waals surface area contributed by atoms with Gasteiger partial charge in [0.05, 0.1) is 14.2 Å². The molecule has 0 aromatic heterocycles. The predicted molar refractivity (Wildman–Crippen MR) is 70.5 cm³/mol. The summed E-state index contributed by atoms with van der Waals surface area (Å²) < 4.78 is 10.8. The number of rotatable bonds is 3. The molecule has 0 radical (unpaired) electrons. The number of Topliss-reactive ketones (excluding diaryl/α,β-unsaturated/α-hetero) is 1. The van der Waals surface area contributed by atoms with Crippen molar-refractivity contribution in [3.05, 3.63) is 23.3 Å². The second kappa shape index (κ2) is 5.42. The second-order valence-corrected chi connectivity index (χ2v) is 4.88. The Bertz CT molecular complexity index is 441. The number of ketones is 1. The Morgan fingerprint density at radius 1 is 1.06 bits per heavy atom. The van der Waals surface area contributed by atoms with Crippen LogP contribution >= 0.6 is 0 Å². The van der Waals surface area contributed by atoms with Gasteiger partial charge in [-0.25, -0.2) is 0 Å². The summed E-state index contributed by atoms with van der Waals surface area (Å²) in [6.07, 6.45) is 3.21. The van der Waals surface area contributed by atoms with Gasteiger partial charge in [-0.05, 0) is 43.4 Å². The van der Waals surface area contributed by atoms with Crippen molar-refractivity contribution in [1.29, 1.82) is 0 Å². The lowest BCUT2D eigenvalue weighted by Crippen LogP contribution is -2.13. The topological polar surface area (TPSA) is 35.5 Å². The third kappa shape index (κ3) is 2.50. The van der Waals surface area contributed by atoms with E-state index >= 15 is 0 Å². The number of aryl methyl sites for hydroxylation is 1. The highest BCUT2D eigenvalue weighted by molar-refractivity contribution is 5.79. The minimum atomic E-state index is 0.379. The van der Waals surface area contributed by atoms with E-state index in [1.54, 1.807) is 14.2 Å². The molecule has 0 unspecified atom stereocenters. The van der Waals surface area contributed by atoms with Gasteiger partial charge in [0.1, 0.15) is 17.3 Å². The highest BCUT2D eigenvalue weighted by Gasteiger charge is 2.23. The van der Waals surface area contributed by atoms with Crippen LogP contribution in [0.25, 0.3) is 0 Å². The first-order valence-electron chi connectivity index (χ1n) is 6.40. The SMILES string of the molecule is COc1cc(C2CCC(=O)CC2)c(OC)cc1C. The normalized spacial score (nSPS) is 16.7. The first-order chi connectivity index (χ1) is 8.65. The molecule has 1 aromatic rings. The lowest BCUT2D eigenvalue weighted by molar-refractivity contribution is -0.120. The number of methoxy groups -OCH3 is 2. The number of ether oxygens (including phenoxy) is 2. The van der Waals surface area contributed by atoms with Crippen LogP contribution in [0, 0.1) is 6.92 Å². The zero-order valence-electron chi connectivity index (χ0n) is 11.3. The third-order valence-corrected chi connectivity index (χ3v) is 3.73. The van der Waals surface area contributed by atoms with Crippen LogP contribution in [0.2, 0.25) is 0 Å². The van der Waals surface area contributed by atoms with Gasteiger partial charge < -0.3 is 9.47 Å². The van der Waals surface area contributed by atoms with Crippen LogP contribution in [0.5, 0.6) is 11.5 Å². The van der Waals surface area contributed by atoms with Gasteiger partial charge in [0.15, 0.2) is 0 Å². The molecule has 2 rings (SSSR count). The summed E-state index contributed by atoms with van der Waals surface area (Å²) in [5, 5.41) is 0. The van der Waals surface area contributed by atoms with Crippen molar-refractivity contribution in [3.63, 3.8) is 0 Å². The van der Waals surface area contributed by atoms with Crippen LogP contribution in [0.15, 0.2) is 12.1 Å². The van der Waals surface area contributed by atoms with Crippen LogP contribution < -0.4 is 9.47 Å². The van der Waals surface area contributed by atoms with E-state index in [-0.39, 0.29) is 0 Å². The summed E-state index contributed by atoms with van der Waals surface area (Å²) in [6, 6.07) is 4.08. The number of benzene rings is 1. The fourth-order valence-electron chi connectivity index (χ4n) is 2.64. The number of carbonyl (C=O) groups is 1. The van der Waals surface area contributed by atoms with Crippen LogP contribution in [-0.4, -0.2) is 20.0 Å². The lowest BCUT2D eigenvalue weighted by atomic mass is 9.82. The highest BCUT2D eigenvalue weighted by atomic mass is 16.5. The molecule has 98 valence electrons. The van der Waals surface area contributed by atoms with E-state index in [2.05, 4.69) is 6.07 Å². The molecular formula is C15H20O3. The first-order valence-corrected chi connectivity index (χ1v) is 6.40. The van der Waals surface area contributed by atoms with Crippen molar-refractivity contribution < 1.29 is 14.3 Å². The van der Waals surface area contributed by atoms with Gasteiger partial charge in [-0.2, -0.15) is 0 Å². The molecule has 1 aromatic carbocycles. The Morgan fingerprint density at radius 2 is 1.67 bits per heavy atom. The largest absolute Gasteiger partial charge is 0.496 e. The number of hydrogen-bond acceptors (Lipinski definition) is 3. The minimum Gasteiger partial charge on any atom is -0.496 e. The molecule has 1 aliphatic rings. The van der Waals surface area contributed by atoms with Crippen molar-refractivity contribution >= 4 is 5.78 Å². The predicted octanol–water partition coefficient (Wildman–Crippen LogP) is 3.24. The Labute approximate surface area is 108 Å². The Morgan fingerprint density at radius 3 is 2.22 bits per heavy atom. The van der Waals surface area contributed by atoms with E-state index < -0.39 is 0 Å². The van der Waals surface area contributed by atoms with Gasteiger partial charge in [-0.15, -0.1) is 0 Å². The second-order valence-electron chi connectivity index (χ2n) is 4.88. The summed E-state index contributed by atoms with van der Waals surface area (Å²) in [7, 11) is 3.38. The smallest absolute Gasteiger partial charge is 0.132 e. The van der Waals surface area contributed by atoms with Gasteiger partial charge in [0.25, 0.3) is 0 Å².